The number of hydrogen-bond donors (Lipinski definition) is 0. The predicted octanol–water partition coefficient (Wildman–Crippen LogP) is 4.07. The molecule has 0 aromatic rings. The van der Waals surface area contributed by atoms with E-state index in [9.17, 15) is 4.79 Å². The molecule has 0 radical (unpaired) electrons. The number of fused-ring (bicyclic) bond motifs is 4. The molecule has 3 heteroatoms. The van der Waals surface area contributed by atoms with Crippen LogP contribution in [0.4, 0.5) is 0 Å². The van der Waals surface area contributed by atoms with E-state index in [-0.39, 0.29) is 18.2 Å². The summed E-state index contributed by atoms with van der Waals surface area (Å²) in [6, 6.07) is 0. The lowest BCUT2D eigenvalue weighted by atomic mass is 9.70. The van der Waals surface area contributed by atoms with Gasteiger partial charge in [0.1, 0.15) is 0 Å². The summed E-state index contributed by atoms with van der Waals surface area (Å²) in [6.45, 7) is 2.23. The Balaban J connectivity index is 1.30. The number of ether oxygens (including phenoxy) is 2. The van der Waals surface area contributed by atoms with Crippen LogP contribution in [0.2, 0.25) is 0 Å². The minimum Gasteiger partial charge on any atom is -0.438 e. The first kappa shape index (κ1) is 14.7. The lowest BCUT2D eigenvalue weighted by Crippen LogP contribution is -2.40. The van der Waals surface area contributed by atoms with E-state index < -0.39 is 0 Å². The Morgan fingerprint density at radius 1 is 1.14 bits per heavy atom. The molecule has 3 unspecified atom stereocenters. The summed E-state index contributed by atoms with van der Waals surface area (Å²) >= 11 is 0. The fraction of sp³-hybridized carbons (Fsp3) is 0.842. The number of hydrogen-bond acceptors (Lipinski definition) is 3. The summed E-state index contributed by atoms with van der Waals surface area (Å²) in [5, 5.41) is 0. The van der Waals surface area contributed by atoms with E-state index in [4.69, 9.17) is 9.47 Å². The van der Waals surface area contributed by atoms with Crippen molar-refractivity contribution in [1.29, 1.82) is 0 Å². The van der Waals surface area contributed by atoms with Crippen LogP contribution >= 0.6 is 0 Å². The molecule has 0 aliphatic heterocycles. The lowest BCUT2D eigenvalue weighted by molar-refractivity contribution is -0.184. The second-order valence-electron chi connectivity index (χ2n) is 8.17. The quantitative estimate of drug-likeness (QED) is 0.446. The van der Waals surface area contributed by atoms with Crippen molar-refractivity contribution in [2.45, 2.75) is 64.4 Å². The third kappa shape index (κ3) is 2.42. The van der Waals surface area contributed by atoms with E-state index in [1.807, 2.05) is 0 Å². The van der Waals surface area contributed by atoms with E-state index in [1.165, 1.54) is 38.5 Å². The Morgan fingerprint density at radius 2 is 1.82 bits per heavy atom. The Morgan fingerprint density at radius 3 is 2.36 bits per heavy atom. The Hall–Kier alpha value is -0.830. The van der Waals surface area contributed by atoms with Crippen LogP contribution in [-0.2, 0) is 14.3 Å². The van der Waals surface area contributed by atoms with Crippen LogP contribution < -0.4 is 0 Å². The van der Waals surface area contributed by atoms with E-state index >= 15 is 0 Å². The SMILES string of the molecule is CC1(C(=O)OCOC2C3CCCC2CCC3)CC2C=CC1C2. The summed E-state index contributed by atoms with van der Waals surface area (Å²) in [4.78, 5) is 12.5. The van der Waals surface area contributed by atoms with E-state index in [2.05, 4.69) is 19.1 Å². The molecule has 3 fully saturated rings. The summed E-state index contributed by atoms with van der Waals surface area (Å²) in [7, 11) is 0. The van der Waals surface area contributed by atoms with Gasteiger partial charge in [-0.3, -0.25) is 4.79 Å². The first-order valence-corrected chi connectivity index (χ1v) is 9.14. The molecule has 0 aromatic heterocycles. The monoisotopic (exact) mass is 304 g/mol. The van der Waals surface area contributed by atoms with Gasteiger partial charge >= 0.3 is 5.97 Å². The highest BCUT2D eigenvalue weighted by Gasteiger charge is 2.51. The first-order chi connectivity index (χ1) is 10.7. The number of rotatable bonds is 4. The predicted molar refractivity (Wildman–Crippen MR) is 84.0 cm³/mol. The first-order valence-electron chi connectivity index (χ1n) is 9.14. The van der Waals surface area contributed by atoms with Crippen molar-refractivity contribution in [3.05, 3.63) is 12.2 Å². The van der Waals surface area contributed by atoms with Crippen molar-refractivity contribution in [1.82, 2.24) is 0 Å². The third-order valence-electron chi connectivity index (χ3n) is 6.82. The molecule has 0 spiro atoms. The zero-order chi connectivity index (χ0) is 15.2. The Kier molecular flexibility index (Phi) is 3.80. The van der Waals surface area contributed by atoms with E-state index in [0.717, 1.165) is 12.8 Å². The summed E-state index contributed by atoms with van der Waals surface area (Å²) in [5.41, 5.74) is -0.314. The standard InChI is InChI=1S/C19H28O3/c1-19(11-13-8-9-16(19)10-13)18(20)22-12-21-17-14-4-2-5-15(17)7-3-6-14/h8-9,13-17H,2-7,10-12H2,1H3. The van der Waals surface area contributed by atoms with Gasteiger partial charge < -0.3 is 9.47 Å². The van der Waals surface area contributed by atoms with Crippen LogP contribution in [-0.4, -0.2) is 18.9 Å². The molecule has 4 aliphatic rings. The van der Waals surface area contributed by atoms with Crippen LogP contribution in [0.25, 0.3) is 0 Å². The van der Waals surface area contributed by atoms with E-state index in [0.29, 0.717) is 29.8 Å². The molecule has 0 aromatic carbocycles. The number of allylic oxidation sites excluding steroid dienone is 2. The number of carbonyl (C=O) groups excluding carboxylic acids is 1. The van der Waals surface area contributed by atoms with E-state index in [1.54, 1.807) is 0 Å². The maximum absolute atomic E-state index is 12.5. The molecular formula is C19H28O3. The molecule has 0 amide bonds. The number of esters is 1. The maximum Gasteiger partial charge on any atom is 0.314 e. The van der Waals surface area contributed by atoms with Crippen molar-refractivity contribution in [3.63, 3.8) is 0 Å². The summed E-state index contributed by atoms with van der Waals surface area (Å²) in [6.07, 6.45) is 14.8. The largest absolute Gasteiger partial charge is 0.438 e. The maximum atomic E-state index is 12.5. The fourth-order valence-electron chi connectivity index (χ4n) is 5.55. The van der Waals surface area contributed by atoms with Gasteiger partial charge in [-0.25, -0.2) is 0 Å². The Labute approximate surface area is 133 Å². The highest BCUT2D eigenvalue weighted by atomic mass is 16.7. The zero-order valence-electron chi connectivity index (χ0n) is 13.6. The van der Waals surface area contributed by atoms with Crippen molar-refractivity contribution < 1.29 is 14.3 Å². The smallest absolute Gasteiger partial charge is 0.314 e. The van der Waals surface area contributed by atoms with Crippen molar-refractivity contribution in [2.24, 2.45) is 29.1 Å². The van der Waals surface area contributed by atoms with Gasteiger partial charge in [-0.15, -0.1) is 0 Å². The van der Waals surface area contributed by atoms with Crippen LogP contribution in [0, 0.1) is 29.1 Å². The van der Waals surface area contributed by atoms with Gasteiger partial charge in [0.05, 0.1) is 11.5 Å². The van der Waals surface area contributed by atoms with Gasteiger partial charge in [0.15, 0.2) is 6.79 Å². The van der Waals surface area contributed by atoms with Crippen molar-refractivity contribution >= 4 is 5.97 Å². The van der Waals surface area contributed by atoms with Gasteiger partial charge in [0, 0.05) is 0 Å². The van der Waals surface area contributed by atoms with Crippen molar-refractivity contribution in [3.8, 4) is 0 Å². The third-order valence-corrected chi connectivity index (χ3v) is 6.82. The second-order valence-corrected chi connectivity index (χ2v) is 8.17. The minimum absolute atomic E-state index is 0.0506. The Bertz CT molecular complexity index is 449. The molecule has 22 heavy (non-hydrogen) atoms. The van der Waals surface area contributed by atoms with Crippen LogP contribution in [0.3, 0.4) is 0 Å². The van der Waals surface area contributed by atoms with Crippen LogP contribution in [0.1, 0.15) is 58.3 Å². The molecule has 0 heterocycles. The van der Waals surface area contributed by atoms with Gasteiger partial charge in [-0.2, -0.15) is 0 Å². The fourth-order valence-corrected chi connectivity index (χ4v) is 5.55. The van der Waals surface area contributed by atoms with Gasteiger partial charge in [0.2, 0.25) is 0 Å². The van der Waals surface area contributed by atoms with Gasteiger partial charge in [0.25, 0.3) is 0 Å². The molecule has 3 atom stereocenters. The van der Waals surface area contributed by atoms with Gasteiger partial charge in [-0.05, 0) is 69.1 Å². The molecule has 0 N–H and O–H groups in total. The van der Waals surface area contributed by atoms with Gasteiger partial charge in [-0.1, -0.05) is 25.0 Å². The molecule has 0 saturated heterocycles. The number of carbonyl (C=O) groups is 1. The molecule has 3 saturated carbocycles. The average molecular weight is 304 g/mol. The molecule has 4 rings (SSSR count). The molecule has 122 valence electrons. The highest BCUT2D eigenvalue weighted by molar-refractivity contribution is 5.78. The summed E-state index contributed by atoms with van der Waals surface area (Å²) in [5.74, 6) is 2.31. The van der Waals surface area contributed by atoms with Crippen LogP contribution in [0.15, 0.2) is 12.2 Å². The molecular weight excluding hydrogens is 276 g/mol. The molecule has 4 bridgehead atoms. The average Bonchev–Trinajstić information content (AvgIpc) is 3.07. The lowest BCUT2D eigenvalue weighted by Gasteiger charge is -2.42. The topological polar surface area (TPSA) is 35.5 Å². The zero-order valence-corrected chi connectivity index (χ0v) is 13.6. The normalized spacial score (nSPS) is 46.0. The van der Waals surface area contributed by atoms with Crippen LogP contribution in [0.5, 0.6) is 0 Å². The molecule has 3 nitrogen and oxygen atoms in total. The summed E-state index contributed by atoms with van der Waals surface area (Å²) < 4.78 is 11.6. The minimum atomic E-state index is -0.314. The molecule has 4 aliphatic carbocycles. The highest BCUT2D eigenvalue weighted by Crippen LogP contribution is 2.52. The second kappa shape index (κ2) is 5.67. The van der Waals surface area contributed by atoms with Crippen molar-refractivity contribution in [2.75, 3.05) is 6.79 Å².